The van der Waals surface area contributed by atoms with Crippen molar-refractivity contribution in [2.24, 2.45) is 14.2 Å². The third kappa shape index (κ3) is 5.81. The van der Waals surface area contributed by atoms with Crippen molar-refractivity contribution >= 4 is 51.7 Å². The molecule has 1 aromatic heterocycles. The van der Waals surface area contributed by atoms with Crippen LogP contribution in [-0.2, 0) is 16.0 Å². The lowest BCUT2D eigenvalue weighted by Gasteiger charge is -2.31. The zero-order chi connectivity index (χ0) is 25.2. The summed E-state index contributed by atoms with van der Waals surface area (Å²) in [5.74, 6) is -1.80. The van der Waals surface area contributed by atoms with Crippen LogP contribution in [0, 0.1) is 12.3 Å². The standard InChI is InChI=1S/C22H27N5O5S2/c1-12-9-10-15(33-12)18(22(2,3)4)24-20-19(25-34(32)26-20)23-14-8-6-7-13(17(14)30)21(31)27(5)11-16(28)29/h6-10,18,30H,11H2,1-5H3,(H,23,25)(H,24,26)(H,28,29)/t18-,34?/m0/s1. The molecule has 182 valence electrons. The van der Waals surface area contributed by atoms with E-state index < -0.39 is 29.6 Å². The number of aryl methyl sites for hydroxylation is 1. The highest BCUT2D eigenvalue weighted by molar-refractivity contribution is 7.83. The van der Waals surface area contributed by atoms with Crippen molar-refractivity contribution in [3.8, 4) is 5.75 Å². The fourth-order valence-electron chi connectivity index (χ4n) is 3.32. The van der Waals surface area contributed by atoms with Crippen LogP contribution in [-0.4, -0.2) is 56.5 Å². The molecule has 2 atom stereocenters. The van der Waals surface area contributed by atoms with Crippen molar-refractivity contribution < 1.29 is 24.0 Å². The number of amides is 1. The normalized spacial score (nSPS) is 16.4. The molecule has 0 radical (unpaired) electrons. The van der Waals surface area contributed by atoms with Crippen LogP contribution in [0.15, 0.2) is 39.1 Å². The Labute approximate surface area is 204 Å². The zero-order valence-corrected chi connectivity index (χ0v) is 21.1. The summed E-state index contributed by atoms with van der Waals surface area (Å²) >= 11 is -0.205. The minimum atomic E-state index is -1.85. The van der Waals surface area contributed by atoms with Gasteiger partial charge in [0.1, 0.15) is 6.54 Å². The summed E-state index contributed by atoms with van der Waals surface area (Å²) < 4.78 is 20.3. The van der Waals surface area contributed by atoms with Gasteiger partial charge in [-0.15, -0.1) is 20.1 Å². The highest BCUT2D eigenvalue weighted by Gasteiger charge is 2.32. The summed E-state index contributed by atoms with van der Waals surface area (Å²) in [7, 11) is 1.33. The van der Waals surface area contributed by atoms with Gasteiger partial charge in [-0.1, -0.05) is 26.8 Å². The smallest absolute Gasteiger partial charge is 0.323 e. The molecule has 2 heterocycles. The van der Waals surface area contributed by atoms with E-state index in [1.807, 2.05) is 19.1 Å². The van der Waals surface area contributed by atoms with E-state index in [2.05, 4.69) is 40.2 Å². The summed E-state index contributed by atoms with van der Waals surface area (Å²) in [6.07, 6.45) is 0. The molecule has 0 aliphatic carbocycles. The van der Waals surface area contributed by atoms with Crippen molar-refractivity contribution in [2.75, 3.05) is 18.9 Å². The lowest BCUT2D eigenvalue weighted by molar-refractivity contribution is -0.137. The summed E-state index contributed by atoms with van der Waals surface area (Å²) in [4.78, 5) is 26.7. The molecule has 1 aliphatic heterocycles. The maximum Gasteiger partial charge on any atom is 0.323 e. The summed E-state index contributed by atoms with van der Waals surface area (Å²) in [6, 6.07) is 8.36. The van der Waals surface area contributed by atoms with Gasteiger partial charge in [-0.25, -0.2) is 4.21 Å². The number of nitrogens with one attached hydrogen (secondary N) is 2. The van der Waals surface area contributed by atoms with Gasteiger partial charge in [-0.2, -0.15) is 0 Å². The molecule has 3 rings (SSSR count). The van der Waals surface area contributed by atoms with E-state index in [0.29, 0.717) is 0 Å². The predicted molar refractivity (Wildman–Crippen MR) is 134 cm³/mol. The quantitative estimate of drug-likeness (QED) is 0.442. The molecule has 0 spiro atoms. The number of hydrogen-bond donors (Lipinski definition) is 4. The Morgan fingerprint density at radius 3 is 2.44 bits per heavy atom. The number of phenolic OH excluding ortho intramolecular Hbond substituents is 1. The van der Waals surface area contributed by atoms with Gasteiger partial charge in [0.15, 0.2) is 17.4 Å². The third-order valence-corrected chi connectivity index (χ3v) is 6.74. The average molecular weight is 506 g/mol. The van der Waals surface area contributed by atoms with Gasteiger partial charge in [-0.3, -0.25) is 9.59 Å². The second-order valence-corrected chi connectivity index (χ2v) is 11.0. The SMILES string of the molecule is Cc1ccc([C@H](NC2=NS(=O)N=C2Nc2cccc(C(=O)N(C)CC(=O)O)c2O)C(C)(C)C)s1. The Morgan fingerprint density at radius 1 is 1.18 bits per heavy atom. The zero-order valence-electron chi connectivity index (χ0n) is 19.4. The molecule has 2 aromatic rings. The molecule has 12 heteroatoms. The third-order valence-electron chi connectivity index (χ3n) is 4.99. The van der Waals surface area contributed by atoms with Gasteiger partial charge in [0.25, 0.3) is 17.1 Å². The number of hydrogen-bond acceptors (Lipinski definition) is 7. The van der Waals surface area contributed by atoms with Crippen molar-refractivity contribution in [2.45, 2.75) is 33.7 Å². The first-order chi connectivity index (χ1) is 15.9. The molecule has 10 nitrogen and oxygen atoms in total. The number of amidine groups is 2. The average Bonchev–Trinajstić information content (AvgIpc) is 3.30. The molecule has 4 N–H and O–H groups in total. The Bertz CT molecular complexity index is 1200. The number of carboxylic acid groups (broad SMARTS) is 1. The van der Waals surface area contributed by atoms with Gasteiger partial charge < -0.3 is 25.7 Å². The summed E-state index contributed by atoms with van der Waals surface area (Å²) in [5.41, 5.74) is -0.152. The number of phenols is 1. The van der Waals surface area contributed by atoms with Gasteiger partial charge in [0.2, 0.25) is 0 Å². The van der Waals surface area contributed by atoms with E-state index in [1.165, 1.54) is 25.2 Å². The molecule has 1 unspecified atom stereocenters. The van der Waals surface area contributed by atoms with E-state index in [1.54, 1.807) is 11.3 Å². The number of aliphatic carboxylic acids is 1. The number of para-hydroxylation sites is 1. The molecule has 0 fully saturated rings. The van der Waals surface area contributed by atoms with Crippen molar-refractivity contribution in [3.63, 3.8) is 0 Å². The summed E-state index contributed by atoms with van der Waals surface area (Å²) in [6.45, 7) is 7.73. The second-order valence-electron chi connectivity index (χ2n) is 8.88. The fraction of sp³-hybridized carbons (Fsp3) is 0.364. The maximum absolute atomic E-state index is 12.6. The molecule has 1 aromatic carbocycles. The number of likely N-dealkylation sites (N-methyl/N-ethyl adjacent to an activating group) is 1. The van der Waals surface area contributed by atoms with Crippen LogP contribution in [0.1, 0.15) is 46.9 Å². The molecule has 1 amide bonds. The van der Waals surface area contributed by atoms with Crippen LogP contribution in [0.5, 0.6) is 5.75 Å². The van der Waals surface area contributed by atoms with Crippen molar-refractivity contribution in [1.29, 1.82) is 0 Å². The minimum absolute atomic E-state index is 0.0819. The van der Waals surface area contributed by atoms with E-state index in [-0.39, 0.29) is 40.1 Å². The highest BCUT2D eigenvalue weighted by atomic mass is 32.2. The van der Waals surface area contributed by atoms with Crippen LogP contribution in [0.25, 0.3) is 0 Å². The Kier molecular flexibility index (Phi) is 7.41. The topological polar surface area (TPSA) is 144 Å². The molecule has 1 aliphatic rings. The van der Waals surface area contributed by atoms with Crippen LogP contribution in [0.3, 0.4) is 0 Å². The molecule has 0 saturated heterocycles. The lowest BCUT2D eigenvalue weighted by Crippen LogP contribution is -2.41. The molecular weight excluding hydrogens is 478 g/mol. The van der Waals surface area contributed by atoms with Crippen LogP contribution < -0.4 is 10.6 Å². The Balaban J connectivity index is 1.86. The van der Waals surface area contributed by atoms with E-state index in [9.17, 15) is 18.9 Å². The van der Waals surface area contributed by atoms with Crippen molar-refractivity contribution in [1.82, 2.24) is 10.2 Å². The van der Waals surface area contributed by atoms with Crippen LogP contribution in [0.2, 0.25) is 0 Å². The number of carboxylic acids is 1. The van der Waals surface area contributed by atoms with Gasteiger partial charge in [0, 0.05) is 16.8 Å². The van der Waals surface area contributed by atoms with E-state index in [0.717, 1.165) is 14.7 Å². The van der Waals surface area contributed by atoms with Crippen LogP contribution in [0.4, 0.5) is 5.69 Å². The number of nitrogens with zero attached hydrogens (tertiary/aromatic N) is 3. The number of carbonyl (C=O) groups is 2. The lowest BCUT2D eigenvalue weighted by atomic mass is 9.85. The number of benzene rings is 1. The first-order valence-electron chi connectivity index (χ1n) is 10.4. The molecule has 0 bridgehead atoms. The molecular formula is C22H27N5O5S2. The predicted octanol–water partition coefficient (Wildman–Crippen LogP) is 3.10. The van der Waals surface area contributed by atoms with Gasteiger partial charge >= 0.3 is 5.97 Å². The Hall–Kier alpha value is -3.25. The number of thiophene rings is 1. The monoisotopic (exact) mass is 505 g/mol. The van der Waals surface area contributed by atoms with E-state index >= 15 is 0 Å². The number of rotatable bonds is 6. The van der Waals surface area contributed by atoms with E-state index in [4.69, 9.17) is 5.11 Å². The fourth-order valence-corrected chi connectivity index (χ4v) is 5.12. The highest BCUT2D eigenvalue weighted by Crippen LogP contribution is 2.37. The van der Waals surface area contributed by atoms with Gasteiger partial charge in [0.05, 0.1) is 17.3 Å². The van der Waals surface area contributed by atoms with Crippen LogP contribution >= 0.6 is 11.3 Å². The van der Waals surface area contributed by atoms with Crippen molar-refractivity contribution in [3.05, 3.63) is 45.6 Å². The maximum atomic E-state index is 12.6. The number of carbonyl (C=O) groups excluding carboxylic acids is 1. The number of anilines is 1. The first kappa shape index (κ1) is 25.4. The molecule has 34 heavy (non-hydrogen) atoms. The number of aromatic hydroxyl groups is 1. The van der Waals surface area contributed by atoms with Gasteiger partial charge in [-0.05, 0) is 36.6 Å². The largest absolute Gasteiger partial charge is 0.505 e. The minimum Gasteiger partial charge on any atom is -0.505 e. The second kappa shape index (κ2) is 9.94. The Morgan fingerprint density at radius 2 is 1.85 bits per heavy atom. The summed E-state index contributed by atoms with van der Waals surface area (Å²) in [5, 5.41) is 25.9. The first-order valence-corrected chi connectivity index (χ1v) is 12.2. The molecule has 0 saturated carbocycles.